The summed E-state index contributed by atoms with van der Waals surface area (Å²) in [5.74, 6) is 1.92. The van der Waals surface area contributed by atoms with E-state index in [9.17, 15) is 0 Å². The van der Waals surface area contributed by atoms with E-state index in [2.05, 4.69) is 66.4 Å². The Bertz CT molecular complexity index is 1750. The minimum atomic E-state index is -0.0923. The van der Waals surface area contributed by atoms with Crippen molar-refractivity contribution in [1.82, 2.24) is 19.9 Å². The van der Waals surface area contributed by atoms with Crippen LogP contribution in [-0.4, -0.2) is 59.1 Å². The van der Waals surface area contributed by atoms with Crippen molar-refractivity contribution in [1.29, 1.82) is 0 Å². The normalized spacial score (nSPS) is 16.6. The van der Waals surface area contributed by atoms with Crippen LogP contribution in [0, 0.1) is 0 Å². The highest BCUT2D eigenvalue weighted by molar-refractivity contribution is 6.31. The SMILES string of the molecule is Clc1cccc(C(Nc2ccnc3cc(Cl)ccc23)c2ccc(CN3CCN(c4ccnc(N5CCCCC5)n4)CC3)cc2)c1. The first-order chi connectivity index (χ1) is 22.1. The van der Waals surface area contributed by atoms with Gasteiger partial charge in [-0.05, 0) is 78.4 Å². The van der Waals surface area contributed by atoms with Gasteiger partial charge in [-0.25, -0.2) is 4.98 Å². The second kappa shape index (κ2) is 13.6. The molecular formula is C36H37Cl2N7. The molecule has 0 aliphatic carbocycles. The third-order valence-electron chi connectivity index (χ3n) is 8.87. The third kappa shape index (κ3) is 7.01. The Kier molecular flexibility index (Phi) is 9.01. The zero-order valence-corrected chi connectivity index (χ0v) is 26.8. The maximum absolute atomic E-state index is 6.45. The van der Waals surface area contributed by atoms with Crippen LogP contribution in [0.25, 0.3) is 10.9 Å². The summed E-state index contributed by atoms with van der Waals surface area (Å²) in [7, 11) is 0. The molecule has 0 amide bonds. The molecule has 2 aliphatic rings. The minimum absolute atomic E-state index is 0.0923. The van der Waals surface area contributed by atoms with Gasteiger partial charge in [0.15, 0.2) is 0 Å². The molecule has 2 aliphatic heterocycles. The molecule has 230 valence electrons. The summed E-state index contributed by atoms with van der Waals surface area (Å²) in [6.07, 6.45) is 7.49. The fourth-order valence-electron chi connectivity index (χ4n) is 6.42. The van der Waals surface area contributed by atoms with E-state index in [1.54, 1.807) is 0 Å². The first-order valence-corrected chi connectivity index (χ1v) is 16.5. The monoisotopic (exact) mass is 637 g/mol. The van der Waals surface area contributed by atoms with Crippen molar-refractivity contribution in [2.75, 3.05) is 54.4 Å². The molecule has 1 atom stereocenters. The first kappa shape index (κ1) is 29.8. The van der Waals surface area contributed by atoms with Crippen LogP contribution in [0.1, 0.15) is 42.0 Å². The van der Waals surface area contributed by atoms with Crippen LogP contribution in [-0.2, 0) is 6.54 Å². The van der Waals surface area contributed by atoms with E-state index in [4.69, 9.17) is 28.2 Å². The molecule has 45 heavy (non-hydrogen) atoms. The lowest BCUT2D eigenvalue weighted by atomic mass is 9.97. The fourth-order valence-corrected chi connectivity index (χ4v) is 6.78. The number of aromatic nitrogens is 3. The minimum Gasteiger partial charge on any atom is -0.374 e. The molecule has 5 aromatic rings. The number of pyridine rings is 1. The summed E-state index contributed by atoms with van der Waals surface area (Å²) in [4.78, 5) is 21.3. The number of hydrogen-bond donors (Lipinski definition) is 1. The first-order valence-electron chi connectivity index (χ1n) is 15.8. The molecule has 1 N–H and O–H groups in total. The van der Waals surface area contributed by atoms with Crippen LogP contribution in [0.5, 0.6) is 0 Å². The maximum atomic E-state index is 6.45. The predicted octanol–water partition coefficient (Wildman–Crippen LogP) is 7.85. The summed E-state index contributed by atoms with van der Waals surface area (Å²) in [5.41, 5.74) is 5.41. The molecule has 1 unspecified atom stereocenters. The van der Waals surface area contributed by atoms with E-state index in [1.165, 1.54) is 24.8 Å². The molecule has 0 saturated carbocycles. The number of fused-ring (bicyclic) bond motifs is 1. The molecule has 0 spiro atoms. The van der Waals surface area contributed by atoms with Crippen LogP contribution in [0.4, 0.5) is 17.5 Å². The molecule has 9 heteroatoms. The Labute approximate surface area is 274 Å². The van der Waals surface area contributed by atoms with Gasteiger partial charge in [0.05, 0.1) is 11.6 Å². The van der Waals surface area contributed by atoms with Gasteiger partial charge in [-0.2, -0.15) is 4.98 Å². The zero-order chi connectivity index (χ0) is 30.6. The van der Waals surface area contributed by atoms with E-state index in [-0.39, 0.29) is 6.04 Å². The average molecular weight is 639 g/mol. The number of anilines is 3. The molecule has 2 aromatic heterocycles. The van der Waals surface area contributed by atoms with Crippen LogP contribution in [0.15, 0.2) is 91.3 Å². The molecule has 0 radical (unpaired) electrons. The van der Waals surface area contributed by atoms with Crippen LogP contribution < -0.4 is 15.1 Å². The highest BCUT2D eigenvalue weighted by atomic mass is 35.5. The van der Waals surface area contributed by atoms with E-state index in [1.807, 2.05) is 54.9 Å². The molecule has 7 nitrogen and oxygen atoms in total. The number of hydrogen-bond acceptors (Lipinski definition) is 7. The topological polar surface area (TPSA) is 60.4 Å². The lowest BCUT2D eigenvalue weighted by Crippen LogP contribution is -2.46. The predicted molar refractivity (Wildman–Crippen MR) is 186 cm³/mol. The van der Waals surface area contributed by atoms with E-state index >= 15 is 0 Å². The van der Waals surface area contributed by atoms with Crippen molar-refractivity contribution < 1.29 is 0 Å². The van der Waals surface area contributed by atoms with Crippen molar-refractivity contribution in [3.63, 3.8) is 0 Å². The summed E-state index contributed by atoms with van der Waals surface area (Å²) >= 11 is 12.7. The van der Waals surface area contributed by atoms with E-state index in [0.29, 0.717) is 10.0 Å². The third-order valence-corrected chi connectivity index (χ3v) is 9.34. The van der Waals surface area contributed by atoms with Crippen molar-refractivity contribution in [3.8, 4) is 0 Å². The second-order valence-electron chi connectivity index (χ2n) is 11.9. The number of benzene rings is 3. The van der Waals surface area contributed by atoms with Crippen molar-refractivity contribution in [3.05, 3.63) is 118 Å². The van der Waals surface area contributed by atoms with Gasteiger partial charge >= 0.3 is 0 Å². The van der Waals surface area contributed by atoms with Gasteiger partial charge in [-0.3, -0.25) is 9.88 Å². The number of piperidine rings is 1. The number of nitrogens with zero attached hydrogens (tertiary/aromatic N) is 6. The summed E-state index contributed by atoms with van der Waals surface area (Å²) < 4.78 is 0. The maximum Gasteiger partial charge on any atom is 0.227 e. The summed E-state index contributed by atoms with van der Waals surface area (Å²) in [6.45, 7) is 6.94. The molecule has 2 saturated heterocycles. The van der Waals surface area contributed by atoms with E-state index in [0.717, 1.165) is 85.3 Å². The number of rotatable bonds is 8. The molecule has 0 bridgehead atoms. The Balaban J connectivity index is 1.03. The van der Waals surface area contributed by atoms with Crippen molar-refractivity contribution in [2.45, 2.75) is 31.8 Å². The molecular weight excluding hydrogens is 601 g/mol. The van der Waals surface area contributed by atoms with E-state index < -0.39 is 0 Å². The molecule has 4 heterocycles. The Morgan fingerprint density at radius 2 is 1.47 bits per heavy atom. The standard InChI is InChI=1S/C36H37Cl2N7/c37-29-6-4-5-28(23-29)35(41-32-13-15-39-33-24-30(38)11-12-31(32)33)27-9-7-26(8-10-27)25-43-19-21-44(22-20-43)34-14-16-40-36(42-34)45-17-2-1-3-18-45/h4-16,23-24,35H,1-3,17-22,25H2,(H,39,41). The highest BCUT2D eigenvalue weighted by Gasteiger charge is 2.21. The summed E-state index contributed by atoms with van der Waals surface area (Å²) in [5, 5.41) is 6.19. The number of nitrogens with one attached hydrogen (secondary N) is 1. The van der Waals surface area contributed by atoms with Crippen molar-refractivity contribution in [2.24, 2.45) is 0 Å². The Hall–Kier alpha value is -3.91. The molecule has 2 fully saturated rings. The van der Waals surface area contributed by atoms with Gasteiger partial charge in [0.2, 0.25) is 5.95 Å². The second-order valence-corrected chi connectivity index (χ2v) is 12.8. The highest BCUT2D eigenvalue weighted by Crippen LogP contribution is 2.32. The van der Waals surface area contributed by atoms with Gasteiger partial charge in [0.25, 0.3) is 0 Å². The molecule has 7 rings (SSSR count). The van der Waals surface area contributed by atoms with Crippen molar-refractivity contribution >= 4 is 51.6 Å². The van der Waals surface area contributed by atoms with Gasteiger partial charge in [0.1, 0.15) is 5.82 Å². The van der Waals surface area contributed by atoms with Crippen LogP contribution in [0.2, 0.25) is 10.0 Å². The largest absolute Gasteiger partial charge is 0.374 e. The van der Waals surface area contributed by atoms with Crippen LogP contribution in [0.3, 0.4) is 0 Å². The van der Waals surface area contributed by atoms with Gasteiger partial charge in [-0.15, -0.1) is 0 Å². The van der Waals surface area contributed by atoms with Gasteiger partial charge in [-0.1, -0.05) is 59.6 Å². The Morgan fingerprint density at radius 3 is 2.27 bits per heavy atom. The lowest BCUT2D eigenvalue weighted by Gasteiger charge is -2.36. The molecule has 3 aromatic carbocycles. The number of piperazine rings is 1. The Morgan fingerprint density at radius 1 is 0.689 bits per heavy atom. The number of halogens is 2. The lowest BCUT2D eigenvalue weighted by molar-refractivity contribution is 0.249. The smallest absolute Gasteiger partial charge is 0.227 e. The average Bonchev–Trinajstić information content (AvgIpc) is 3.08. The zero-order valence-electron chi connectivity index (χ0n) is 25.2. The fraction of sp³-hybridized carbons (Fsp3) is 0.306. The van der Waals surface area contributed by atoms with Gasteiger partial charge < -0.3 is 15.1 Å². The van der Waals surface area contributed by atoms with Gasteiger partial charge in [0, 0.05) is 79.3 Å². The summed E-state index contributed by atoms with van der Waals surface area (Å²) in [6, 6.07) is 26.8. The quantitative estimate of drug-likeness (QED) is 0.186. The van der Waals surface area contributed by atoms with Crippen LogP contribution >= 0.6 is 23.2 Å².